The Balaban J connectivity index is -0.00000140. The molecule has 8 fully saturated rings. The van der Waals surface area contributed by atoms with E-state index >= 15 is 0 Å². The van der Waals surface area contributed by atoms with E-state index in [0.717, 1.165) is 107 Å². The summed E-state index contributed by atoms with van der Waals surface area (Å²) >= 11 is 0. The van der Waals surface area contributed by atoms with Gasteiger partial charge in [0.1, 0.15) is 39.2 Å². The maximum atomic E-state index is 12.6. The second-order valence-corrected chi connectivity index (χ2v) is 45.8. The van der Waals surface area contributed by atoms with Gasteiger partial charge < -0.3 is 42.6 Å². The SMILES string of the molecule is CC.CC.CCC(C)(C)C(=O)OC(C)(C)C(C)(C)C.CCC(C)(C)C(=O)OCC(=O)OC1(C(C)C)C2CC3CC(C2)CC1C3.CCC(C)(C)C(=O)OCC(=O)OC1(CC)C2CC3CC(C2)CC1C3.CCC(C)(C)OC(=O)C(C)(C)CC.CCC(C)C(C)(C)OC(=O)C(C)(C)CC.CCCC(C)(C)OC(=O)C(C)(C)CC.CCCCC(C)(C)OC(=O)C(C)(C)CC. The molecular weight excluding hydrogens is 1570 g/mol. The third-order valence-corrected chi connectivity index (χ3v) is 29.9. The van der Waals surface area contributed by atoms with Gasteiger partial charge in [0.15, 0.2) is 13.2 Å². The summed E-state index contributed by atoms with van der Waals surface area (Å²) in [6.07, 6.45) is 25.6. The summed E-state index contributed by atoms with van der Waals surface area (Å²) in [5.74, 6) is 4.16. The molecule has 18 heteroatoms. The fourth-order valence-corrected chi connectivity index (χ4v) is 16.1. The third kappa shape index (κ3) is 38.9. The second-order valence-electron chi connectivity index (χ2n) is 45.8. The van der Waals surface area contributed by atoms with Crippen LogP contribution in [0.1, 0.15) is 479 Å². The van der Waals surface area contributed by atoms with Gasteiger partial charge in [-0.1, -0.05) is 165 Å². The van der Waals surface area contributed by atoms with E-state index in [1.165, 1.54) is 64.2 Å². The molecule has 0 aromatic rings. The molecule has 1 unspecified atom stereocenters. The molecule has 738 valence electrons. The molecule has 0 amide bonds. The highest BCUT2D eigenvalue weighted by Crippen LogP contribution is 2.63. The highest BCUT2D eigenvalue weighted by atomic mass is 16.6. The van der Waals surface area contributed by atoms with Crippen LogP contribution in [0.2, 0.25) is 0 Å². The lowest BCUT2D eigenvalue weighted by Gasteiger charge is -2.61. The van der Waals surface area contributed by atoms with Gasteiger partial charge >= 0.3 is 53.7 Å². The van der Waals surface area contributed by atoms with Crippen molar-refractivity contribution in [2.24, 2.45) is 102 Å². The Morgan fingerprint density at radius 3 is 0.848 bits per heavy atom. The Kier molecular flexibility index (Phi) is 52.2. The normalized spacial score (nSPS) is 22.3. The van der Waals surface area contributed by atoms with Crippen molar-refractivity contribution in [3.63, 3.8) is 0 Å². The highest BCUT2D eigenvalue weighted by Gasteiger charge is 2.62. The predicted molar refractivity (Wildman–Crippen MR) is 514 cm³/mol. The molecule has 0 radical (unpaired) electrons. The fourth-order valence-electron chi connectivity index (χ4n) is 16.1. The zero-order chi connectivity index (χ0) is 98.9. The van der Waals surface area contributed by atoms with Crippen molar-refractivity contribution in [1.29, 1.82) is 0 Å². The monoisotopic (exact) mass is 1780 g/mol. The summed E-state index contributed by atoms with van der Waals surface area (Å²) in [6.45, 7) is 91.0. The smallest absolute Gasteiger partial charge is 0.344 e. The Hall–Kier alpha value is -4.77. The molecule has 8 aliphatic carbocycles. The van der Waals surface area contributed by atoms with Crippen molar-refractivity contribution in [2.75, 3.05) is 13.2 Å². The van der Waals surface area contributed by atoms with Crippen molar-refractivity contribution in [3.8, 4) is 0 Å². The minimum Gasteiger partial charge on any atom is -0.459 e. The van der Waals surface area contributed by atoms with Crippen molar-refractivity contribution in [3.05, 3.63) is 0 Å². The minimum atomic E-state index is -0.557. The Morgan fingerprint density at radius 1 is 0.312 bits per heavy atom. The maximum Gasteiger partial charge on any atom is 0.344 e. The molecule has 8 saturated carbocycles. The number of carbonyl (C=O) groups is 9. The topological polar surface area (TPSA) is 237 Å². The summed E-state index contributed by atoms with van der Waals surface area (Å²) in [7, 11) is 0. The first-order chi connectivity index (χ1) is 56.8. The van der Waals surface area contributed by atoms with Crippen LogP contribution in [0.15, 0.2) is 0 Å². The number of carbonyl (C=O) groups excluding carboxylic acids is 9. The van der Waals surface area contributed by atoms with Gasteiger partial charge in [0, 0.05) is 5.41 Å². The second kappa shape index (κ2) is 52.5. The van der Waals surface area contributed by atoms with E-state index in [1.807, 2.05) is 249 Å². The van der Waals surface area contributed by atoms with Crippen LogP contribution in [-0.4, -0.2) is 106 Å². The number of unbranched alkanes of at least 4 members (excludes halogenated alkanes) is 1. The van der Waals surface area contributed by atoms with Crippen molar-refractivity contribution < 1.29 is 85.8 Å². The Labute approximate surface area is 769 Å². The average Bonchev–Trinajstić information content (AvgIpc) is 0.721. The summed E-state index contributed by atoms with van der Waals surface area (Å²) in [4.78, 5) is 108. The van der Waals surface area contributed by atoms with Crippen molar-refractivity contribution >= 4 is 53.7 Å². The van der Waals surface area contributed by atoms with Gasteiger partial charge in [0.05, 0.1) is 37.9 Å². The molecule has 0 aromatic heterocycles. The van der Waals surface area contributed by atoms with Crippen LogP contribution in [0.5, 0.6) is 0 Å². The lowest BCUT2D eigenvalue weighted by atomic mass is 9.47. The molecule has 0 N–H and O–H groups in total. The van der Waals surface area contributed by atoms with Gasteiger partial charge in [-0.3, -0.25) is 33.6 Å². The molecule has 1 atom stereocenters. The molecular formula is C107H202O18. The van der Waals surface area contributed by atoms with E-state index in [-0.39, 0.29) is 133 Å². The summed E-state index contributed by atoms with van der Waals surface area (Å²) in [5.41, 5.74) is -5.41. The maximum absolute atomic E-state index is 12.6. The molecule has 0 saturated heterocycles. The molecule has 125 heavy (non-hydrogen) atoms. The molecule has 0 aromatic carbocycles. The number of rotatable bonds is 35. The fraction of sp³-hybridized carbons (Fsp3) is 0.916. The van der Waals surface area contributed by atoms with Crippen molar-refractivity contribution in [2.45, 2.75) is 518 Å². The van der Waals surface area contributed by atoms with Crippen LogP contribution in [-0.2, 0) is 85.8 Å². The first-order valence-corrected chi connectivity index (χ1v) is 49.8. The average molecular weight is 1780 g/mol. The van der Waals surface area contributed by atoms with Crippen LogP contribution in [0, 0.1) is 102 Å². The molecule has 0 spiro atoms. The number of ether oxygens (including phenoxy) is 9. The largest absolute Gasteiger partial charge is 0.459 e. The predicted octanol–water partition coefficient (Wildman–Crippen LogP) is 28.7. The molecule has 8 aliphatic rings. The van der Waals surface area contributed by atoms with Gasteiger partial charge in [0.25, 0.3) is 0 Å². The first kappa shape index (κ1) is 124. The van der Waals surface area contributed by atoms with E-state index in [1.54, 1.807) is 0 Å². The molecule has 0 aliphatic heterocycles. The van der Waals surface area contributed by atoms with Gasteiger partial charge in [-0.25, -0.2) is 9.59 Å². The third-order valence-electron chi connectivity index (χ3n) is 29.9. The summed E-state index contributed by atoms with van der Waals surface area (Å²) in [6, 6.07) is 0. The van der Waals surface area contributed by atoms with Crippen molar-refractivity contribution in [1.82, 2.24) is 0 Å². The zero-order valence-corrected chi connectivity index (χ0v) is 90.2. The van der Waals surface area contributed by atoms with Crippen LogP contribution < -0.4 is 0 Å². The molecule has 18 nitrogen and oxygen atoms in total. The standard InChI is InChI=1S/C21H34O4.C20H32O4.3C13H26O2.C12H24O2.C11H22O2.2C2H6/c1-6-20(4,5)19(23)24-12-18(22)25-21(13(2)3)16-8-14-7-15(10-16)11-17(21)9-14;1-5-19(3,4)18(22)23-12-17(21)24-20(6-2)15-8-13-7-14(10-15)11-16(20)9-13;1-9-12(5,6)10(14)15-13(7,8)11(2,3)4;1-8-10(3)13(6,7)15-11(14)12(4,5)9-2;1-7-9-10-13(5,6)15-11(14)12(3,4)8-2;1-7-9-12(5,6)14-10(13)11(3,4)8-2;1-7-10(3,4)9(12)13-11(5,6)8-2;2*1-2/h13-17H,6-12H2,1-5H3;13-16H,5-12H2,1-4H3;9H2,1-8H3;10H,8-9H2,1-7H3;7-10H2,1-6H3;7-9H2,1-6H3;7-8H2,1-6H3;2*1-2H3. The summed E-state index contributed by atoms with van der Waals surface area (Å²) < 4.78 is 50.4. The first-order valence-electron chi connectivity index (χ1n) is 49.8. The zero-order valence-electron chi connectivity index (χ0n) is 90.2. The van der Waals surface area contributed by atoms with Crippen LogP contribution in [0.4, 0.5) is 0 Å². The highest BCUT2D eigenvalue weighted by molar-refractivity contribution is 5.81. The van der Waals surface area contributed by atoms with Gasteiger partial charge in [-0.2, -0.15) is 0 Å². The Bertz CT molecular complexity index is 3150. The van der Waals surface area contributed by atoms with Crippen LogP contribution >= 0.6 is 0 Å². The number of hydrogen-bond acceptors (Lipinski definition) is 18. The van der Waals surface area contributed by atoms with Gasteiger partial charge in [-0.15, -0.1) is 0 Å². The van der Waals surface area contributed by atoms with Crippen LogP contribution in [0.25, 0.3) is 0 Å². The molecule has 0 heterocycles. The summed E-state index contributed by atoms with van der Waals surface area (Å²) in [5, 5.41) is 0. The van der Waals surface area contributed by atoms with E-state index in [4.69, 9.17) is 42.6 Å². The number of esters is 9. The Morgan fingerprint density at radius 2 is 0.584 bits per heavy atom. The van der Waals surface area contributed by atoms with E-state index in [2.05, 4.69) is 69.2 Å². The van der Waals surface area contributed by atoms with E-state index in [0.29, 0.717) is 48.3 Å². The number of hydrogen-bond donors (Lipinski definition) is 0. The van der Waals surface area contributed by atoms with Gasteiger partial charge in [0.2, 0.25) is 0 Å². The minimum absolute atomic E-state index is 0.0491. The lowest BCUT2D eigenvalue weighted by Crippen LogP contribution is -2.62. The van der Waals surface area contributed by atoms with E-state index in [9.17, 15) is 43.2 Å². The van der Waals surface area contributed by atoms with Crippen LogP contribution in [0.3, 0.4) is 0 Å². The molecule has 8 rings (SSSR count). The quantitative estimate of drug-likeness (QED) is 0.0423. The van der Waals surface area contributed by atoms with E-state index < -0.39 is 16.4 Å². The molecule has 8 bridgehead atoms. The lowest BCUT2D eigenvalue weighted by molar-refractivity contribution is -0.228. The van der Waals surface area contributed by atoms with Gasteiger partial charge in [-0.05, 0) is 373 Å².